The summed E-state index contributed by atoms with van der Waals surface area (Å²) in [6, 6.07) is 0. The Morgan fingerprint density at radius 2 is 1.81 bits per heavy atom. The van der Waals surface area contributed by atoms with Crippen molar-refractivity contribution in [1.82, 2.24) is 4.90 Å². The second-order valence-electron chi connectivity index (χ2n) is 5.16. The Balaban J connectivity index is 2.82. The highest BCUT2D eigenvalue weighted by Gasteiger charge is 2.43. The van der Waals surface area contributed by atoms with Gasteiger partial charge >= 0.3 is 0 Å². The lowest BCUT2D eigenvalue weighted by molar-refractivity contribution is -0.0243. The second kappa shape index (κ2) is 5.83. The zero-order valence-electron chi connectivity index (χ0n) is 11.1. The molecule has 0 spiro atoms. The highest BCUT2D eigenvalue weighted by Crippen LogP contribution is 2.39. The summed E-state index contributed by atoms with van der Waals surface area (Å²) >= 11 is 0. The molecule has 1 fully saturated rings. The lowest BCUT2D eigenvalue weighted by Crippen LogP contribution is -2.55. The molecule has 2 nitrogen and oxygen atoms in total. The third-order valence-corrected chi connectivity index (χ3v) is 4.02. The van der Waals surface area contributed by atoms with Crippen molar-refractivity contribution in [3.63, 3.8) is 0 Å². The number of hydrogen-bond acceptors (Lipinski definition) is 2. The van der Waals surface area contributed by atoms with Gasteiger partial charge in [0.05, 0.1) is 6.10 Å². The zero-order valence-corrected chi connectivity index (χ0v) is 11.1. The monoisotopic (exact) mass is 225 g/mol. The first-order valence-electron chi connectivity index (χ1n) is 6.64. The van der Waals surface area contributed by atoms with Gasteiger partial charge in [0.25, 0.3) is 0 Å². The van der Waals surface area contributed by atoms with Gasteiger partial charge in [0, 0.05) is 5.54 Å². The summed E-state index contributed by atoms with van der Waals surface area (Å²) in [4.78, 5) is 2.45. The van der Waals surface area contributed by atoms with E-state index in [9.17, 15) is 5.11 Å². The van der Waals surface area contributed by atoms with E-state index >= 15 is 0 Å². The second-order valence-corrected chi connectivity index (χ2v) is 5.16. The SMILES string of the molecule is C=C(C)CC(O)C1(N(CC)CC)CCCC1. The summed E-state index contributed by atoms with van der Waals surface area (Å²) in [5.41, 5.74) is 1.12. The molecule has 0 aromatic carbocycles. The van der Waals surface area contributed by atoms with Gasteiger partial charge in [-0.15, -0.1) is 6.58 Å². The van der Waals surface area contributed by atoms with E-state index in [2.05, 4.69) is 25.3 Å². The Kier molecular flexibility index (Phi) is 5.00. The molecule has 1 rings (SSSR count). The lowest BCUT2D eigenvalue weighted by Gasteiger charge is -2.44. The fourth-order valence-electron chi connectivity index (χ4n) is 3.22. The molecule has 2 heteroatoms. The molecule has 1 saturated carbocycles. The van der Waals surface area contributed by atoms with Crippen molar-refractivity contribution in [2.24, 2.45) is 0 Å². The molecule has 1 atom stereocenters. The fraction of sp³-hybridized carbons (Fsp3) is 0.857. The van der Waals surface area contributed by atoms with Crippen LogP contribution in [0.15, 0.2) is 12.2 Å². The molecular weight excluding hydrogens is 198 g/mol. The van der Waals surface area contributed by atoms with E-state index in [0.29, 0.717) is 0 Å². The molecule has 16 heavy (non-hydrogen) atoms. The standard InChI is InChI=1S/C14H27NO/c1-5-15(6-2)14(9-7-8-10-14)13(16)11-12(3)4/h13,16H,3,5-11H2,1-2,4H3. The van der Waals surface area contributed by atoms with Crippen LogP contribution in [0.4, 0.5) is 0 Å². The first kappa shape index (κ1) is 13.7. The van der Waals surface area contributed by atoms with Crippen LogP contribution < -0.4 is 0 Å². The van der Waals surface area contributed by atoms with E-state index in [4.69, 9.17) is 0 Å². The summed E-state index contributed by atoms with van der Waals surface area (Å²) in [5, 5.41) is 10.5. The van der Waals surface area contributed by atoms with E-state index in [0.717, 1.165) is 37.9 Å². The molecule has 0 amide bonds. The van der Waals surface area contributed by atoms with Crippen LogP contribution in [0.1, 0.15) is 52.9 Å². The molecule has 0 saturated heterocycles. The Morgan fingerprint density at radius 1 is 1.31 bits per heavy atom. The molecular formula is C14H27NO. The Hall–Kier alpha value is -0.340. The highest BCUT2D eigenvalue weighted by molar-refractivity contribution is 5.05. The number of hydrogen-bond donors (Lipinski definition) is 1. The lowest BCUT2D eigenvalue weighted by atomic mass is 9.85. The van der Waals surface area contributed by atoms with Crippen LogP contribution in [0.3, 0.4) is 0 Å². The van der Waals surface area contributed by atoms with E-state index in [1.165, 1.54) is 12.8 Å². The minimum absolute atomic E-state index is 0.0302. The Labute approximate surface area is 100 Å². The van der Waals surface area contributed by atoms with Crippen molar-refractivity contribution in [2.75, 3.05) is 13.1 Å². The maximum absolute atomic E-state index is 10.5. The molecule has 1 aliphatic rings. The van der Waals surface area contributed by atoms with Gasteiger partial charge in [0.2, 0.25) is 0 Å². The molecule has 0 bridgehead atoms. The smallest absolute Gasteiger partial charge is 0.0760 e. The van der Waals surface area contributed by atoms with Gasteiger partial charge in [-0.2, -0.15) is 0 Å². The summed E-state index contributed by atoms with van der Waals surface area (Å²) < 4.78 is 0. The molecule has 0 aromatic heterocycles. The van der Waals surface area contributed by atoms with Crippen LogP contribution in [-0.2, 0) is 0 Å². The molecule has 0 radical (unpaired) electrons. The average molecular weight is 225 g/mol. The Bertz CT molecular complexity index is 227. The number of aliphatic hydroxyl groups excluding tert-OH is 1. The van der Waals surface area contributed by atoms with Gasteiger partial charge in [0.15, 0.2) is 0 Å². The molecule has 0 aliphatic heterocycles. The zero-order chi connectivity index (χ0) is 12.2. The van der Waals surface area contributed by atoms with E-state index in [1.807, 2.05) is 6.92 Å². The number of rotatable bonds is 6. The van der Waals surface area contributed by atoms with E-state index in [1.54, 1.807) is 0 Å². The van der Waals surface area contributed by atoms with Crippen molar-refractivity contribution in [2.45, 2.75) is 64.5 Å². The molecule has 0 heterocycles. The number of nitrogens with zero attached hydrogens (tertiary/aromatic N) is 1. The first-order chi connectivity index (χ1) is 7.56. The molecule has 1 aliphatic carbocycles. The largest absolute Gasteiger partial charge is 0.391 e. The van der Waals surface area contributed by atoms with Gasteiger partial charge in [-0.25, -0.2) is 0 Å². The van der Waals surface area contributed by atoms with Gasteiger partial charge in [0.1, 0.15) is 0 Å². The van der Waals surface area contributed by atoms with E-state index in [-0.39, 0.29) is 11.6 Å². The third kappa shape index (κ3) is 2.67. The third-order valence-electron chi connectivity index (χ3n) is 4.02. The number of likely N-dealkylation sites (N-methyl/N-ethyl adjacent to an activating group) is 1. The van der Waals surface area contributed by atoms with Crippen molar-refractivity contribution in [3.8, 4) is 0 Å². The maximum Gasteiger partial charge on any atom is 0.0760 e. The first-order valence-corrected chi connectivity index (χ1v) is 6.64. The average Bonchev–Trinajstić information content (AvgIpc) is 2.69. The minimum atomic E-state index is -0.243. The van der Waals surface area contributed by atoms with Crippen molar-refractivity contribution >= 4 is 0 Å². The topological polar surface area (TPSA) is 23.5 Å². The minimum Gasteiger partial charge on any atom is -0.391 e. The number of aliphatic hydroxyl groups is 1. The fourth-order valence-corrected chi connectivity index (χ4v) is 3.22. The van der Waals surface area contributed by atoms with Gasteiger partial charge in [-0.3, -0.25) is 4.90 Å². The maximum atomic E-state index is 10.5. The van der Waals surface area contributed by atoms with Crippen molar-refractivity contribution in [1.29, 1.82) is 0 Å². The predicted octanol–water partition coefficient (Wildman–Crippen LogP) is 2.97. The van der Waals surface area contributed by atoms with Crippen LogP contribution in [0.2, 0.25) is 0 Å². The predicted molar refractivity (Wildman–Crippen MR) is 69.6 cm³/mol. The van der Waals surface area contributed by atoms with E-state index < -0.39 is 0 Å². The highest BCUT2D eigenvalue weighted by atomic mass is 16.3. The quantitative estimate of drug-likeness (QED) is 0.703. The van der Waals surface area contributed by atoms with Gasteiger partial charge < -0.3 is 5.11 Å². The molecule has 0 aromatic rings. The molecule has 1 N–H and O–H groups in total. The van der Waals surface area contributed by atoms with Gasteiger partial charge in [-0.05, 0) is 39.3 Å². The van der Waals surface area contributed by atoms with Crippen LogP contribution in [0, 0.1) is 0 Å². The molecule has 1 unspecified atom stereocenters. The summed E-state index contributed by atoms with van der Waals surface area (Å²) in [5.74, 6) is 0. The van der Waals surface area contributed by atoms with Crippen molar-refractivity contribution < 1.29 is 5.11 Å². The Morgan fingerprint density at radius 3 is 2.19 bits per heavy atom. The summed E-state index contributed by atoms with van der Waals surface area (Å²) in [6.07, 6.45) is 5.29. The van der Waals surface area contributed by atoms with Gasteiger partial charge in [-0.1, -0.05) is 32.3 Å². The van der Waals surface area contributed by atoms with Crippen LogP contribution in [-0.4, -0.2) is 34.7 Å². The summed E-state index contributed by atoms with van der Waals surface area (Å²) in [6.45, 7) is 12.4. The van der Waals surface area contributed by atoms with Crippen molar-refractivity contribution in [3.05, 3.63) is 12.2 Å². The summed E-state index contributed by atoms with van der Waals surface area (Å²) in [7, 11) is 0. The van der Waals surface area contributed by atoms with Crippen LogP contribution >= 0.6 is 0 Å². The normalized spacial score (nSPS) is 21.3. The van der Waals surface area contributed by atoms with Crippen LogP contribution in [0.25, 0.3) is 0 Å². The van der Waals surface area contributed by atoms with Crippen LogP contribution in [0.5, 0.6) is 0 Å². The molecule has 94 valence electrons.